The summed E-state index contributed by atoms with van der Waals surface area (Å²) in [5.74, 6) is 0.784. The molecule has 3 nitrogen and oxygen atoms in total. The molecule has 0 aliphatic heterocycles. The summed E-state index contributed by atoms with van der Waals surface area (Å²) >= 11 is 0. The first-order valence-electron chi connectivity index (χ1n) is 6.86. The van der Waals surface area contributed by atoms with Gasteiger partial charge in [0.1, 0.15) is 0 Å². The van der Waals surface area contributed by atoms with Crippen molar-refractivity contribution in [2.75, 3.05) is 13.1 Å². The van der Waals surface area contributed by atoms with Gasteiger partial charge in [-0.25, -0.2) is 0 Å². The average Bonchev–Trinajstić information content (AvgIpc) is 3.22. The number of hydrogen-bond donors (Lipinski definition) is 2. The lowest BCUT2D eigenvalue weighted by Gasteiger charge is -2.18. The first-order valence-corrected chi connectivity index (χ1v) is 6.86. The molecule has 1 saturated carbocycles. The van der Waals surface area contributed by atoms with E-state index >= 15 is 0 Å². The maximum atomic E-state index is 11.9. The van der Waals surface area contributed by atoms with E-state index in [0.717, 1.165) is 13.1 Å². The molecule has 0 heterocycles. The largest absolute Gasteiger partial charge is 0.349 e. The second-order valence-corrected chi connectivity index (χ2v) is 4.90. The van der Waals surface area contributed by atoms with Crippen molar-refractivity contribution < 1.29 is 4.79 Å². The van der Waals surface area contributed by atoms with Crippen molar-refractivity contribution in [1.82, 2.24) is 10.6 Å². The zero-order valence-electron chi connectivity index (χ0n) is 11.0. The van der Waals surface area contributed by atoms with Gasteiger partial charge >= 0.3 is 0 Å². The Morgan fingerprint density at radius 2 is 2.06 bits per heavy atom. The Morgan fingerprint density at radius 1 is 1.33 bits per heavy atom. The van der Waals surface area contributed by atoms with E-state index in [1.54, 1.807) is 0 Å². The smallest absolute Gasteiger partial charge is 0.221 e. The highest BCUT2D eigenvalue weighted by Gasteiger charge is 2.33. The van der Waals surface area contributed by atoms with Crippen LogP contribution in [0.2, 0.25) is 0 Å². The van der Waals surface area contributed by atoms with Gasteiger partial charge in [-0.3, -0.25) is 4.79 Å². The average molecular weight is 246 g/mol. The summed E-state index contributed by atoms with van der Waals surface area (Å²) in [5, 5.41) is 6.35. The van der Waals surface area contributed by atoms with Gasteiger partial charge < -0.3 is 10.6 Å². The van der Waals surface area contributed by atoms with Crippen LogP contribution in [0.4, 0.5) is 0 Å². The van der Waals surface area contributed by atoms with E-state index in [1.165, 1.54) is 18.4 Å². The maximum absolute atomic E-state index is 11.9. The molecule has 2 N–H and O–H groups in total. The lowest BCUT2D eigenvalue weighted by molar-refractivity contribution is -0.121. The molecule has 18 heavy (non-hydrogen) atoms. The second-order valence-electron chi connectivity index (χ2n) is 4.90. The van der Waals surface area contributed by atoms with Gasteiger partial charge in [0, 0.05) is 13.0 Å². The molecule has 1 fully saturated rings. The Morgan fingerprint density at radius 3 is 2.67 bits per heavy atom. The van der Waals surface area contributed by atoms with E-state index < -0.39 is 0 Å². The summed E-state index contributed by atoms with van der Waals surface area (Å²) in [6, 6.07) is 10.5. The topological polar surface area (TPSA) is 41.1 Å². The Balaban J connectivity index is 1.89. The fourth-order valence-electron chi connectivity index (χ4n) is 2.19. The van der Waals surface area contributed by atoms with Gasteiger partial charge in [-0.2, -0.15) is 0 Å². The molecule has 1 aliphatic rings. The van der Waals surface area contributed by atoms with Gasteiger partial charge in [-0.1, -0.05) is 37.3 Å². The summed E-state index contributed by atoms with van der Waals surface area (Å²) < 4.78 is 0. The van der Waals surface area contributed by atoms with E-state index in [0.29, 0.717) is 12.3 Å². The van der Waals surface area contributed by atoms with Crippen molar-refractivity contribution >= 4 is 5.91 Å². The third kappa shape index (κ3) is 3.84. The summed E-state index contributed by atoms with van der Waals surface area (Å²) in [6.45, 7) is 3.72. The van der Waals surface area contributed by atoms with Crippen molar-refractivity contribution in [1.29, 1.82) is 0 Å². The molecule has 2 rings (SSSR count). The van der Waals surface area contributed by atoms with Gasteiger partial charge in [0.25, 0.3) is 0 Å². The van der Waals surface area contributed by atoms with E-state index in [9.17, 15) is 4.79 Å². The van der Waals surface area contributed by atoms with Gasteiger partial charge in [0.2, 0.25) is 5.91 Å². The van der Waals surface area contributed by atoms with Crippen molar-refractivity contribution in [2.24, 2.45) is 5.92 Å². The number of hydrogen-bond acceptors (Lipinski definition) is 2. The number of amides is 1. The van der Waals surface area contributed by atoms with E-state index in [-0.39, 0.29) is 11.9 Å². The molecule has 0 saturated heterocycles. The number of nitrogens with one attached hydrogen (secondary N) is 2. The van der Waals surface area contributed by atoms with E-state index in [1.807, 2.05) is 18.2 Å². The standard InChI is InChI=1S/C15H22N2O/c1-2-16-11-10-14(18)17-15(13-8-9-13)12-6-4-3-5-7-12/h3-7,13,15-16H,2,8-11H2,1H3,(H,17,18). The monoisotopic (exact) mass is 246 g/mol. The number of carbonyl (C=O) groups excluding carboxylic acids is 1. The first kappa shape index (κ1) is 13.1. The first-order chi connectivity index (χ1) is 8.81. The van der Waals surface area contributed by atoms with Crippen LogP contribution in [0.1, 0.15) is 37.8 Å². The zero-order valence-corrected chi connectivity index (χ0v) is 11.0. The Hall–Kier alpha value is -1.35. The number of benzene rings is 1. The van der Waals surface area contributed by atoms with Crippen molar-refractivity contribution in [3.63, 3.8) is 0 Å². The molecule has 1 aliphatic carbocycles. The fourth-order valence-corrected chi connectivity index (χ4v) is 2.19. The van der Waals surface area contributed by atoms with Crippen molar-refractivity contribution in [3.8, 4) is 0 Å². The van der Waals surface area contributed by atoms with Crippen LogP contribution in [0.5, 0.6) is 0 Å². The van der Waals surface area contributed by atoms with Gasteiger partial charge in [-0.15, -0.1) is 0 Å². The van der Waals surface area contributed by atoms with Crippen LogP contribution >= 0.6 is 0 Å². The summed E-state index contributed by atoms with van der Waals surface area (Å²) in [6.07, 6.45) is 3.02. The molecule has 1 aromatic rings. The van der Waals surface area contributed by atoms with E-state index in [2.05, 4.69) is 29.7 Å². The maximum Gasteiger partial charge on any atom is 0.221 e. The molecule has 0 aromatic heterocycles. The minimum Gasteiger partial charge on any atom is -0.349 e. The molecule has 1 amide bonds. The zero-order chi connectivity index (χ0) is 12.8. The van der Waals surface area contributed by atoms with Crippen LogP contribution in [0.3, 0.4) is 0 Å². The molecular weight excluding hydrogens is 224 g/mol. The van der Waals surface area contributed by atoms with Crippen molar-refractivity contribution in [2.45, 2.75) is 32.2 Å². The molecular formula is C15H22N2O. The van der Waals surface area contributed by atoms with Crippen LogP contribution in [-0.2, 0) is 4.79 Å². The Kier molecular flexibility index (Phi) is 4.76. The van der Waals surface area contributed by atoms with Crippen LogP contribution in [-0.4, -0.2) is 19.0 Å². The predicted octanol–water partition coefficient (Wildman–Crippen LogP) is 2.25. The van der Waals surface area contributed by atoms with Crippen LogP contribution in [0, 0.1) is 5.92 Å². The summed E-state index contributed by atoms with van der Waals surface area (Å²) in [5.41, 5.74) is 1.23. The summed E-state index contributed by atoms with van der Waals surface area (Å²) in [4.78, 5) is 11.9. The van der Waals surface area contributed by atoms with Gasteiger partial charge in [0.15, 0.2) is 0 Å². The van der Waals surface area contributed by atoms with E-state index in [4.69, 9.17) is 0 Å². The Labute approximate surface area is 109 Å². The molecule has 1 atom stereocenters. The molecule has 0 spiro atoms. The molecule has 3 heteroatoms. The molecule has 1 unspecified atom stereocenters. The lowest BCUT2D eigenvalue weighted by Crippen LogP contribution is -2.32. The third-order valence-electron chi connectivity index (χ3n) is 3.35. The Bertz CT molecular complexity index is 373. The normalized spacial score (nSPS) is 16.3. The SMILES string of the molecule is CCNCCC(=O)NC(c1ccccc1)C1CC1. The third-order valence-corrected chi connectivity index (χ3v) is 3.35. The van der Waals surface area contributed by atoms with Crippen LogP contribution in [0.25, 0.3) is 0 Å². The van der Waals surface area contributed by atoms with Crippen molar-refractivity contribution in [3.05, 3.63) is 35.9 Å². The number of rotatable bonds is 7. The second kappa shape index (κ2) is 6.55. The quantitative estimate of drug-likeness (QED) is 0.725. The predicted molar refractivity (Wildman–Crippen MR) is 73.2 cm³/mol. The molecule has 0 bridgehead atoms. The highest BCUT2D eigenvalue weighted by Crippen LogP contribution is 2.40. The van der Waals surface area contributed by atoms with Gasteiger partial charge in [0.05, 0.1) is 6.04 Å². The van der Waals surface area contributed by atoms with Crippen LogP contribution in [0.15, 0.2) is 30.3 Å². The molecule has 1 aromatic carbocycles. The van der Waals surface area contributed by atoms with Gasteiger partial charge in [-0.05, 0) is 30.9 Å². The molecule has 98 valence electrons. The minimum absolute atomic E-state index is 0.150. The highest BCUT2D eigenvalue weighted by atomic mass is 16.1. The van der Waals surface area contributed by atoms with Crippen LogP contribution < -0.4 is 10.6 Å². The number of carbonyl (C=O) groups is 1. The minimum atomic E-state index is 0.150. The fraction of sp³-hybridized carbons (Fsp3) is 0.533. The summed E-state index contributed by atoms with van der Waals surface area (Å²) in [7, 11) is 0. The highest BCUT2D eigenvalue weighted by molar-refractivity contribution is 5.76. The lowest BCUT2D eigenvalue weighted by atomic mass is 10.0. The molecule has 0 radical (unpaired) electrons.